The molecule has 3 aromatic heterocycles. The molecule has 0 fully saturated rings. The summed E-state index contributed by atoms with van der Waals surface area (Å²) in [6.45, 7) is 4.66. The molecule has 0 saturated carbocycles. The van der Waals surface area contributed by atoms with Crippen LogP contribution < -0.4 is 15.4 Å². The molecule has 0 bridgehead atoms. The molecule has 8 heteroatoms. The van der Waals surface area contributed by atoms with E-state index in [-0.39, 0.29) is 0 Å². The van der Waals surface area contributed by atoms with Gasteiger partial charge in [0.1, 0.15) is 17.1 Å². The van der Waals surface area contributed by atoms with Gasteiger partial charge in [-0.05, 0) is 54.1 Å². The lowest BCUT2D eigenvalue weighted by Crippen LogP contribution is -2.16. The van der Waals surface area contributed by atoms with Crippen LogP contribution in [0.4, 0.5) is 11.5 Å². The van der Waals surface area contributed by atoms with Gasteiger partial charge in [0.2, 0.25) is 0 Å². The van der Waals surface area contributed by atoms with Crippen LogP contribution in [0.3, 0.4) is 0 Å². The van der Waals surface area contributed by atoms with Crippen molar-refractivity contribution in [3.8, 4) is 34.1 Å². The Kier molecular flexibility index (Phi) is 8.77. The van der Waals surface area contributed by atoms with E-state index in [9.17, 15) is 4.79 Å². The van der Waals surface area contributed by atoms with Gasteiger partial charge < -0.3 is 15.4 Å². The van der Waals surface area contributed by atoms with Crippen LogP contribution >= 0.6 is 0 Å². The number of aromatic nitrogens is 4. The molecule has 3 aromatic carbocycles. The number of ether oxygens (including phenoxy) is 1. The van der Waals surface area contributed by atoms with Crippen molar-refractivity contribution < 1.29 is 9.53 Å². The average molecular weight is 571 g/mol. The van der Waals surface area contributed by atoms with Gasteiger partial charge in [0.05, 0.1) is 23.9 Å². The van der Waals surface area contributed by atoms with E-state index >= 15 is 0 Å². The zero-order chi connectivity index (χ0) is 30.3. The lowest BCUT2D eigenvalue weighted by molar-refractivity contribution is 0.112. The minimum atomic E-state index is 0.404. The van der Waals surface area contributed by atoms with Crippen LogP contribution in [-0.4, -0.2) is 40.0 Å². The van der Waals surface area contributed by atoms with Crippen molar-refractivity contribution >= 4 is 29.0 Å². The van der Waals surface area contributed by atoms with Crippen LogP contribution in [-0.2, 0) is 6.54 Å². The molecule has 0 radical (unpaired) electrons. The maximum atomic E-state index is 11.3. The number of carbonyl (C=O) groups is 1. The molecule has 216 valence electrons. The van der Waals surface area contributed by atoms with Crippen LogP contribution in [0.15, 0.2) is 103 Å². The van der Waals surface area contributed by atoms with Gasteiger partial charge in [0.25, 0.3) is 0 Å². The van der Waals surface area contributed by atoms with Crippen LogP contribution in [0.2, 0.25) is 0 Å². The minimum absolute atomic E-state index is 0.404. The lowest BCUT2D eigenvalue weighted by atomic mass is 10.1. The number of hydrogen-bond donors (Lipinski definition) is 1. The van der Waals surface area contributed by atoms with Gasteiger partial charge in [0, 0.05) is 42.8 Å². The van der Waals surface area contributed by atoms with E-state index in [1.54, 1.807) is 19.4 Å². The Labute approximate surface area is 251 Å². The maximum Gasteiger partial charge on any atom is 0.165 e. The first kappa shape index (κ1) is 29.0. The molecule has 0 saturated heterocycles. The number of aldehydes is 1. The molecule has 0 aliphatic carbocycles. The van der Waals surface area contributed by atoms with E-state index in [0.717, 1.165) is 51.2 Å². The standard InChI is InChI=1S/C33H28N6O2.C2H6/c1-38(26-15-12-24(21-40)30(19-26)41-2)20-22-10-13-25(14-11-22)39-32(27-9-6-18-35-31(27)34)37-29-17-16-28(36-33(29)39)23-7-4-3-5-8-23;1-2/h3-19,21H,20H2,1-2H3,(H2,34,35);1-2H3. The molecule has 43 heavy (non-hydrogen) atoms. The van der Waals surface area contributed by atoms with Gasteiger partial charge in [-0.25, -0.2) is 15.0 Å². The van der Waals surface area contributed by atoms with Gasteiger partial charge in [-0.2, -0.15) is 0 Å². The number of rotatable bonds is 8. The van der Waals surface area contributed by atoms with Crippen molar-refractivity contribution in [2.45, 2.75) is 20.4 Å². The smallest absolute Gasteiger partial charge is 0.165 e. The summed E-state index contributed by atoms with van der Waals surface area (Å²) in [5, 5.41) is 0. The SMILES string of the molecule is CC.COc1cc(N(C)Cc2ccc(-n3c(-c4cccnc4N)nc4ccc(-c5ccccc5)nc43)cc2)ccc1C=O. The molecule has 8 nitrogen and oxygen atoms in total. The number of nitrogens with zero attached hydrogens (tertiary/aromatic N) is 5. The molecule has 0 unspecified atom stereocenters. The Hall–Kier alpha value is -5.50. The zero-order valence-electron chi connectivity index (χ0n) is 24.7. The third kappa shape index (κ3) is 5.94. The van der Waals surface area contributed by atoms with Crippen LogP contribution in [0.5, 0.6) is 5.75 Å². The number of imidazole rings is 1. The number of pyridine rings is 2. The fraction of sp³-hybridized carbons (Fsp3) is 0.143. The van der Waals surface area contributed by atoms with Gasteiger partial charge in [-0.1, -0.05) is 56.3 Å². The predicted octanol–water partition coefficient (Wildman–Crippen LogP) is 7.22. The van der Waals surface area contributed by atoms with Gasteiger partial charge >= 0.3 is 0 Å². The molecule has 2 N–H and O–H groups in total. The van der Waals surface area contributed by atoms with Crippen LogP contribution in [0, 0.1) is 0 Å². The van der Waals surface area contributed by atoms with Gasteiger partial charge in [-0.15, -0.1) is 0 Å². The molecule has 0 aliphatic rings. The van der Waals surface area contributed by atoms with E-state index in [1.165, 1.54) is 0 Å². The number of benzene rings is 3. The van der Waals surface area contributed by atoms with Gasteiger partial charge in [-0.3, -0.25) is 9.36 Å². The van der Waals surface area contributed by atoms with Gasteiger partial charge in [0.15, 0.2) is 17.8 Å². The number of hydrogen-bond acceptors (Lipinski definition) is 7. The third-order valence-electron chi connectivity index (χ3n) is 7.05. The molecule has 0 aliphatic heterocycles. The molecular formula is C35H34N6O2. The van der Waals surface area contributed by atoms with Crippen molar-refractivity contribution in [1.82, 2.24) is 19.5 Å². The monoisotopic (exact) mass is 570 g/mol. The largest absolute Gasteiger partial charge is 0.496 e. The number of anilines is 2. The topological polar surface area (TPSA) is 99.2 Å². The molecule has 3 heterocycles. The summed E-state index contributed by atoms with van der Waals surface area (Å²) in [6, 6.07) is 31.7. The summed E-state index contributed by atoms with van der Waals surface area (Å²) in [5.74, 6) is 1.63. The third-order valence-corrected chi connectivity index (χ3v) is 7.05. The van der Waals surface area contributed by atoms with Crippen LogP contribution in [0.1, 0.15) is 29.8 Å². The molecule has 6 aromatic rings. The van der Waals surface area contributed by atoms with Crippen molar-refractivity contribution in [1.29, 1.82) is 0 Å². The highest BCUT2D eigenvalue weighted by molar-refractivity contribution is 5.84. The zero-order valence-corrected chi connectivity index (χ0v) is 24.7. The normalized spacial score (nSPS) is 10.6. The van der Waals surface area contributed by atoms with Crippen molar-refractivity contribution in [2.24, 2.45) is 0 Å². The Morgan fingerprint density at radius 2 is 1.67 bits per heavy atom. The van der Waals surface area contributed by atoms with Crippen molar-refractivity contribution in [3.05, 3.63) is 114 Å². The number of fused-ring (bicyclic) bond motifs is 1. The Morgan fingerprint density at radius 3 is 2.37 bits per heavy atom. The lowest BCUT2D eigenvalue weighted by Gasteiger charge is -2.21. The highest BCUT2D eigenvalue weighted by Crippen LogP contribution is 2.32. The summed E-state index contributed by atoms with van der Waals surface area (Å²) in [5.41, 5.74) is 13.9. The molecular weight excluding hydrogens is 536 g/mol. The van der Waals surface area contributed by atoms with E-state index in [0.29, 0.717) is 29.5 Å². The fourth-order valence-electron chi connectivity index (χ4n) is 4.91. The molecule has 0 amide bonds. The van der Waals surface area contributed by atoms with Crippen molar-refractivity contribution in [2.75, 3.05) is 24.8 Å². The maximum absolute atomic E-state index is 11.3. The Bertz CT molecular complexity index is 1850. The highest BCUT2D eigenvalue weighted by atomic mass is 16.5. The number of methoxy groups -OCH3 is 1. The summed E-state index contributed by atoms with van der Waals surface area (Å²) < 4.78 is 7.41. The second-order valence-corrected chi connectivity index (χ2v) is 9.68. The summed E-state index contributed by atoms with van der Waals surface area (Å²) >= 11 is 0. The molecule has 0 atom stereocenters. The quantitative estimate of drug-likeness (QED) is 0.193. The first-order valence-corrected chi connectivity index (χ1v) is 14.1. The Morgan fingerprint density at radius 1 is 0.907 bits per heavy atom. The fourth-order valence-corrected chi connectivity index (χ4v) is 4.91. The first-order chi connectivity index (χ1) is 21.1. The number of nitrogen functional groups attached to an aromatic ring is 1. The number of nitrogens with two attached hydrogens (primary N) is 1. The van der Waals surface area contributed by atoms with E-state index < -0.39 is 0 Å². The minimum Gasteiger partial charge on any atom is -0.496 e. The second-order valence-electron chi connectivity index (χ2n) is 9.68. The number of carbonyl (C=O) groups excluding carboxylic acids is 1. The summed E-state index contributed by atoms with van der Waals surface area (Å²) in [6.07, 6.45) is 2.47. The second kappa shape index (κ2) is 13.0. The average Bonchev–Trinajstić information content (AvgIpc) is 3.44. The van der Waals surface area contributed by atoms with E-state index in [2.05, 4.69) is 34.1 Å². The summed E-state index contributed by atoms with van der Waals surface area (Å²) in [4.78, 5) is 27.6. The molecule has 0 spiro atoms. The van der Waals surface area contributed by atoms with Crippen molar-refractivity contribution in [3.63, 3.8) is 0 Å². The highest BCUT2D eigenvalue weighted by Gasteiger charge is 2.19. The summed E-state index contributed by atoms with van der Waals surface area (Å²) in [7, 11) is 3.57. The first-order valence-electron chi connectivity index (χ1n) is 14.1. The Balaban J connectivity index is 0.00000180. The predicted molar refractivity (Wildman–Crippen MR) is 174 cm³/mol. The van der Waals surface area contributed by atoms with E-state index in [4.69, 9.17) is 20.4 Å². The molecule has 6 rings (SSSR count). The van der Waals surface area contributed by atoms with E-state index in [1.807, 2.05) is 92.2 Å². The van der Waals surface area contributed by atoms with Crippen LogP contribution in [0.25, 0.3) is 39.5 Å².